The molecule has 0 saturated heterocycles. The summed E-state index contributed by atoms with van der Waals surface area (Å²) >= 11 is 1.70. The van der Waals surface area contributed by atoms with E-state index in [4.69, 9.17) is 9.47 Å². The summed E-state index contributed by atoms with van der Waals surface area (Å²) in [5.41, 5.74) is 1.96. The molecule has 0 unspecified atom stereocenters. The number of hydrogen-bond acceptors (Lipinski definition) is 5. The van der Waals surface area contributed by atoms with Crippen LogP contribution in [0.5, 0.6) is 0 Å². The van der Waals surface area contributed by atoms with Gasteiger partial charge in [0.25, 0.3) is 0 Å². The molecule has 1 aromatic rings. The van der Waals surface area contributed by atoms with Gasteiger partial charge in [-0.05, 0) is 51.3 Å². The number of carbonyl (C=O) groups excluding carboxylic acids is 2. The number of amides is 1. The summed E-state index contributed by atoms with van der Waals surface area (Å²) in [5, 5.41) is 2.93. The van der Waals surface area contributed by atoms with Crippen LogP contribution in [0, 0.1) is 6.92 Å². The first-order chi connectivity index (χ1) is 10.7. The second kappa shape index (κ2) is 6.83. The number of benzene rings is 1. The van der Waals surface area contributed by atoms with Crippen molar-refractivity contribution in [3.8, 4) is 0 Å². The van der Waals surface area contributed by atoms with Crippen LogP contribution in [-0.4, -0.2) is 30.5 Å². The van der Waals surface area contributed by atoms with Crippen LogP contribution in [0.15, 0.2) is 17.0 Å². The number of carbonyl (C=O) groups is 2. The predicted molar refractivity (Wildman–Crippen MR) is 90.0 cm³/mol. The molecule has 1 aromatic carbocycles. The van der Waals surface area contributed by atoms with Crippen LogP contribution >= 0.6 is 11.8 Å². The molecule has 5 nitrogen and oxygen atoms in total. The molecule has 2 rings (SSSR count). The highest BCUT2D eigenvalue weighted by Gasteiger charge is 2.27. The smallest absolute Gasteiger partial charge is 0.408 e. The van der Waals surface area contributed by atoms with Gasteiger partial charge in [0.15, 0.2) is 0 Å². The Kier molecular flexibility index (Phi) is 5.24. The lowest BCUT2D eigenvalue weighted by Gasteiger charge is -2.29. The van der Waals surface area contributed by atoms with Crippen molar-refractivity contribution in [2.75, 3.05) is 12.9 Å². The number of methoxy groups -OCH3 is 1. The predicted octanol–water partition coefficient (Wildman–Crippen LogP) is 3.84. The molecule has 0 aromatic heterocycles. The van der Waals surface area contributed by atoms with Crippen molar-refractivity contribution in [1.29, 1.82) is 0 Å². The van der Waals surface area contributed by atoms with E-state index in [2.05, 4.69) is 5.32 Å². The highest BCUT2D eigenvalue weighted by Crippen LogP contribution is 2.39. The van der Waals surface area contributed by atoms with Gasteiger partial charge >= 0.3 is 12.1 Å². The van der Waals surface area contributed by atoms with Gasteiger partial charge in [-0.3, -0.25) is 0 Å². The first-order valence-corrected chi connectivity index (χ1v) is 8.55. The minimum Gasteiger partial charge on any atom is -0.465 e. The lowest BCUT2D eigenvalue weighted by molar-refractivity contribution is 0.0499. The topological polar surface area (TPSA) is 64.6 Å². The zero-order chi connectivity index (χ0) is 17.2. The fourth-order valence-electron chi connectivity index (χ4n) is 2.54. The first-order valence-electron chi connectivity index (χ1n) is 7.57. The summed E-state index contributed by atoms with van der Waals surface area (Å²) < 4.78 is 10.2. The molecule has 1 aliphatic heterocycles. The highest BCUT2D eigenvalue weighted by molar-refractivity contribution is 7.99. The quantitative estimate of drug-likeness (QED) is 0.831. The number of rotatable bonds is 2. The number of ether oxygens (including phenoxy) is 2. The Morgan fingerprint density at radius 1 is 1.30 bits per heavy atom. The van der Waals surface area contributed by atoms with Gasteiger partial charge in [-0.25, -0.2) is 9.59 Å². The molecule has 6 heteroatoms. The van der Waals surface area contributed by atoms with Gasteiger partial charge in [0, 0.05) is 10.6 Å². The van der Waals surface area contributed by atoms with Gasteiger partial charge in [0.1, 0.15) is 5.60 Å². The van der Waals surface area contributed by atoms with Crippen LogP contribution in [-0.2, 0) is 9.47 Å². The number of fused-ring (bicyclic) bond motifs is 1. The lowest BCUT2D eigenvalue weighted by Crippen LogP contribution is -2.36. The van der Waals surface area contributed by atoms with E-state index in [9.17, 15) is 9.59 Å². The van der Waals surface area contributed by atoms with Crippen molar-refractivity contribution in [1.82, 2.24) is 5.32 Å². The monoisotopic (exact) mass is 337 g/mol. The normalized spacial score (nSPS) is 17.2. The fraction of sp³-hybridized carbons (Fsp3) is 0.529. The average Bonchev–Trinajstić information content (AvgIpc) is 2.45. The van der Waals surface area contributed by atoms with E-state index in [1.54, 1.807) is 17.8 Å². The largest absolute Gasteiger partial charge is 0.465 e. The van der Waals surface area contributed by atoms with E-state index in [1.807, 2.05) is 33.8 Å². The van der Waals surface area contributed by atoms with Gasteiger partial charge in [-0.2, -0.15) is 0 Å². The van der Waals surface area contributed by atoms with E-state index in [1.165, 1.54) is 7.11 Å². The van der Waals surface area contributed by atoms with Crippen molar-refractivity contribution in [3.63, 3.8) is 0 Å². The summed E-state index contributed by atoms with van der Waals surface area (Å²) in [6.07, 6.45) is 0.406. The molecule has 0 fully saturated rings. The summed E-state index contributed by atoms with van der Waals surface area (Å²) in [6.45, 7) is 7.42. The van der Waals surface area contributed by atoms with Crippen molar-refractivity contribution in [2.45, 2.75) is 50.7 Å². The van der Waals surface area contributed by atoms with Crippen LogP contribution < -0.4 is 5.32 Å². The van der Waals surface area contributed by atoms with Gasteiger partial charge in [0.05, 0.1) is 18.7 Å². The molecule has 23 heavy (non-hydrogen) atoms. The molecule has 1 atom stereocenters. The van der Waals surface area contributed by atoms with E-state index in [0.717, 1.165) is 28.2 Å². The van der Waals surface area contributed by atoms with Crippen LogP contribution in [0.1, 0.15) is 54.7 Å². The number of hydrogen-bond donors (Lipinski definition) is 1. The van der Waals surface area contributed by atoms with E-state index in [-0.39, 0.29) is 12.0 Å². The number of esters is 1. The molecule has 0 radical (unpaired) electrons. The Labute approximate surface area is 141 Å². The number of thioether (sulfide) groups is 1. The van der Waals surface area contributed by atoms with E-state index in [0.29, 0.717) is 5.56 Å². The second-order valence-electron chi connectivity index (χ2n) is 6.48. The van der Waals surface area contributed by atoms with E-state index >= 15 is 0 Å². The Balaban J connectivity index is 2.25. The van der Waals surface area contributed by atoms with Crippen molar-refractivity contribution < 1.29 is 19.1 Å². The van der Waals surface area contributed by atoms with Gasteiger partial charge in [-0.15, -0.1) is 11.8 Å². The molecule has 0 spiro atoms. The number of alkyl carbamates (subject to hydrolysis) is 1. The van der Waals surface area contributed by atoms with Crippen molar-refractivity contribution in [2.24, 2.45) is 0 Å². The van der Waals surface area contributed by atoms with Crippen molar-refractivity contribution in [3.05, 3.63) is 28.8 Å². The lowest BCUT2D eigenvalue weighted by atomic mass is 9.98. The first kappa shape index (κ1) is 17.7. The van der Waals surface area contributed by atoms with Crippen LogP contribution in [0.2, 0.25) is 0 Å². The maximum atomic E-state index is 12.0. The molecule has 1 N–H and O–H groups in total. The van der Waals surface area contributed by atoms with Gasteiger partial charge in [0.2, 0.25) is 0 Å². The summed E-state index contributed by atoms with van der Waals surface area (Å²) in [6, 6.07) is 3.55. The zero-order valence-corrected chi connectivity index (χ0v) is 15.0. The third-order valence-electron chi connectivity index (χ3n) is 3.56. The summed E-state index contributed by atoms with van der Waals surface area (Å²) in [7, 11) is 1.38. The molecule has 1 amide bonds. The molecule has 0 bridgehead atoms. The van der Waals surface area contributed by atoms with Crippen LogP contribution in [0.25, 0.3) is 0 Å². The minimum atomic E-state index is -0.527. The Morgan fingerprint density at radius 2 is 2.00 bits per heavy atom. The third-order valence-corrected chi connectivity index (χ3v) is 4.83. The fourth-order valence-corrected chi connectivity index (χ4v) is 3.80. The van der Waals surface area contributed by atoms with Crippen LogP contribution in [0.3, 0.4) is 0 Å². The molecule has 1 aliphatic rings. The number of nitrogens with one attached hydrogen (secondary N) is 1. The molecular formula is C17H23NO4S. The third kappa shape index (κ3) is 4.19. The van der Waals surface area contributed by atoms with E-state index < -0.39 is 11.7 Å². The standard InChI is InChI=1S/C17H23NO4S/c1-10-11(15(19)21-5)6-7-12-13(8-9-23-14(10)12)18-16(20)22-17(2,3)4/h6-7,13H,8-9H2,1-5H3,(H,18,20)/t13-/m0/s1. The molecule has 126 valence electrons. The molecule has 0 saturated carbocycles. The Morgan fingerprint density at radius 3 is 2.61 bits per heavy atom. The Hall–Kier alpha value is -1.69. The average molecular weight is 337 g/mol. The van der Waals surface area contributed by atoms with Gasteiger partial charge < -0.3 is 14.8 Å². The maximum Gasteiger partial charge on any atom is 0.408 e. The molecule has 1 heterocycles. The molecular weight excluding hydrogens is 314 g/mol. The zero-order valence-electron chi connectivity index (χ0n) is 14.2. The minimum absolute atomic E-state index is 0.105. The van der Waals surface area contributed by atoms with Crippen molar-refractivity contribution >= 4 is 23.8 Å². The second-order valence-corrected chi connectivity index (χ2v) is 7.59. The highest BCUT2D eigenvalue weighted by atomic mass is 32.2. The van der Waals surface area contributed by atoms with Gasteiger partial charge in [-0.1, -0.05) is 6.07 Å². The summed E-state index contributed by atoms with van der Waals surface area (Å²) in [4.78, 5) is 24.9. The molecule has 0 aliphatic carbocycles. The SMILES string of the molecule is COC(=O)c1ccc2c(c1C)SCC[C@@H]2NC(=O)OC(C)(C)C. The Bertz CT molecular complexity index is 622. The van der Waals surface area contributed by atoms with Crippen LogP contribution in [0.4, 0.5) is 4.79 Å². The summed E-state index contributed by atoms with van der Waals surface area (Å²) in [5.74, 6) is 0.534. The maximum absolute atomic E-state index is 12.0.